The summed E-state index contributed by atoms with van der Waals surface area (Å²) >= 11 is 5.54. The Hall–Kier alpha value is -2.06. The molecular formula is C10H6ClNO4. The van der Waals surface area contributed by atoms with Crippen molar-refractivity contribution < 1.29 is 19.4 Å². The topological polar surface area (TPSA) is 76.5 Å². The molecule has 1 rings (SSSR count). The number of nitrogens with zero attached hydrogens (tertiary/aromatic N) is 1. The van der Waals surface area contributed by atoms with Gasteiger partial charge in [0.2, 0.25) is 0 Å². The van der Waals surface area contributed by atoms with E-state index in [-0.39, 0.29) is 16.3 Å². The summed E-state index contributed by atoms with van der Waals surface area (Å²) in [6.45, 7) is 0. The molecule has 0 amide bonds. The number of methoxy groups -OCH3 is 1. The first-order valence-corrected chi connectivity index (χ1v) is 4.41. The Labute approximate surface area is 96.0 Å². The number of aromatic carboxylic acids is 1. The summed E-state index contributed by atoms with van der Waals surface area (Å²) in [5.74, 6) is 2.50. The third-order valence-electron chi connectivity index (χ3n) is 1.59. The molecule has 0 unspecified atom stereocenters. The normalized spacial score (nSPS) is 8.88. The van der Waals surface area contributed by atoms with Crippen LogP contribution in [-0.2, 0) is 9.53 Å². The number of aromatic nitrogens is 1. The van der Waals surface area contributed by atoms with E-state index in [2.05, 4.69) is 21.6 Å². The van der Waals surface area contributed by atoms with Crippen LogP contribution in [0.2, 0.25) is 5.15 Å². The van der Waals surface area contributed by atoms with Crippen LogP contribution in [0.15, 0.2) is 12.3 Å². The van der Waals surface area contributed by atoms with Crippen molar-refractivity contribution in [3.63, 3.8) is 0 Å². The maximum absolute atomic E-state index is 10.8. The van der Waals surface area contributed by atoms with Crippen molar-refractivity contribution in [1.29, 1.82) is 0 Å². The quantitative estimate of drug-likeness (QED) is 0.449. The van der Waals surface area contributed by atoms with E-state index in [0.717, 1.165) is 6.07 Å². The summed E-state index contributed by atoms with van der Waals surface area (Å²) in [7, 11) is 1.18. The van der Waals surface area contributed by atoms with Crippen molar-refractivity contribution in [2.75, 3.05) is 7.11 Å². The molecule has 1 aromatic heterocycles. The smallest absolute Gasteiger partial charge is 0.384 e. The number of hydrogen-bond acceptors (Lipinski definition) is 4. The second-order valence-electron chi connectivity index (χ2n) is 2.60. The Kier molecular flexibility index (Phi) is 3.86. The number of hydrogen-bond donors (Lipinski definition) is 1. The molecular weight excluding hydrogens is 234 g/mol. The van der Waals surface area contributed by atoms with Crippen LogP contribution in [0.4, 0.5) is 0 Å². The van der Waals surface area contributed by atoms with Crippen LogP contribution in [0.1, 0.15) is 15.9 Å². The zero-order valence-electron chi connectivity index (χ0n) is 8.15. The van der Waals surface area contributed by atoms with Gasteiger partial charge >= 0.3 is 11.9 Å². The van der Waals surface area contributed by atoms with E-state index in [1.807, 2.05) is 0 Å². The summed E-state index contributed by atoms with van der Waals surface area (Å²) in [4.78, 5) is 25.2. The molecule has 0 aliphatic carbocycles. The average molecular weight is 240 g/mol. The Morgan fingerprint density at radius 3 is 2.81 bits per heavy atom. The molecule has 0 spiro atoms. The molecule has 0 atom stereocenters. The zero-order chi connectivity index (χ0) is 12.1. The van der Waals surface area contributed by atoms with Crippen molar-refractivity contribution in [1.82, 2.24) is 4.98 Å². The van der Waals surface area contributed by atoms with E-state index in [1.165, 1.54) is 13.3 Å². The molecule has 1 heterocycles. The number of ether oxygens (including phenoxy) is 1. The second kappa shape index (κ2) is 5.14. The number of carboxylic acid groups (broad SMARTS) is 1. The van der Waals surface area contributed by atoms with E-state index in [4.69, 9.17) is 16.7 Å². The Balaban J connectivity index is 3.17. The lowest BCUT2D eigenvalue weighted by Crippen LogP contribution is -2.02. The molecule has 0 saturated carbocycles. The van der Waals surface area contributed by atoms with Gasteiger partial charge in [0.25, 0.3) is 0 Å². The van der Waals surface area contributed by atoms with Gasteiger partial charge < -0.3 is 9.84 Å². The average Bonchev–Trinajstić information content (AvgIpc) is 2.26. The molecule has 16 heavy (non-hydrogen) atoms. The zero-order valence-corrected chi connectivity index (χ0v) is 8.91. The van der Waals surface area contributed by atoms with Gasteiger partial charge in [-0.2, -0.15) is 0 Å². The predicted molar refractivity (Wildman–Crippen MR) is 55.1 cm³/mol. The van der Waals surface area contributed by atoms with Gasteiger partial charge in [-0.25, -0.2) is 14.6 Å². The molecule has 1 N–H and O–H groups in total. The van der Waals surface area contributed by atoms with Crippen LogP contribution in [-0.4, -0.2) is 29.1 Å². The SMILES string of the molecule is COC(=O)C#Cc1cnc(Cl)cc1C(=O)O. The van der Waals surface area contributed by atoms with Crippen LogP contribution in [0.3, 0.4) is 0 Å². The molecule has 82 valence electrons. The molecule has 0 bridgehead atoms. The van der Waals surface area contributed by atoms with Gasteiger partial charge in [-0.15, -0.1) is 0 Å². The minimum Gasteiger partial charge on any atom is -0.478 e. The van der Waals surface area contributed by atoms with Crippen molar-refractivity contribution in [2.45, 2.75) is 0 Å². The molecule has 0 saturated heterocycles. The number of pyridine rings is 1. The van der Waals surface area contributed by atoms with E-state index >= 15 is 0 Å². The van der Waals surface area contributed by atoms with E-state index in [1.54, 1.807) is 0 Å². The number of carboxylic acids is 1. The van der Waals surface area contributed by atoms with Gasteiger partial charge in [0.05, 0.1) is 18.2 Å². The highest BCUT2D eigenvalue weighted by Crippen LogP contribution is 2.12. The number of esters is 1. The summed E-state index contributed by atoms with van der Waals surface area (Å²) in [6, 6.07) is 1.16. The summed E-state index contributed by atoms with van der Waals surface area (Å²) in [6.07, 6.45) is 1.18. The highest BCUT2D eigenvalue weighted by atomic mass is 35.5. The van der Waals surface area contributed by atoms with Gasteiger partial charge in [-0.3, -0.25) is 0 Å². The van der Waals surface area contributed by atoms with Crippen LogP contribution in [0, 0.1) is 11.8 Å². The van der Waals surface area contributed by atoms with Crippen LogP contribution >= 0.6 is 11.6 Å². The van der Waals surface area contributed by atoms with Gasteiger partial charge in [-0.1, -0.05) is 17.5 Å². The van der Waals surface area contributed by atoms with Crippen LogP contribution in [0.25, 0.3) is 0 Å². The van der Waals surface area contributed by atoms with Crippen molar-refractivity contribution in [2.24, 2.45) is 0 Å². The fraction of sp³-hybridized carbons (Fsp3) is 0.100. The maximum atomic E-state index is 10.8. The van der Waals surface area contributed by atoms with Crippen molar-refractivity contribution >= 4 is 23.5 Å². The Morgan fingerprint density at radius 2 is 2.25 bits per heavy atom. The monoisotopic (exact) mass is 239 g/mol. The second-order valence-corrected chi connectivity index (χ2v) is 2.99. The molecule has 0 radical (unpaired) electrons. The lowest BCUT2D eigenvalue weighted by molar-refractivity contribution is -0.133. The minimum absolute atomic E-state index is 0.0426. The summed E-state index contributed by atoms with van der Waals surface area (Å²) in [5.41, 5.74) is -0.0151. The molecule has 0 aromatic carbocycles. The lowest BCUT2D eigenvalue weighted by Gasteiger charge is -1.98. The number of carbonyl (C=O) groups is 2. The van der Waals surface area contributed by atoms with Gasteiger partial charge in [0.15, 0.2) is 0 Å². The molecule has 0 aliphatic heterocycles. The third-order valence-corrected chi connectivity index (χ3v) is 1.79. The van der Waals surface area contributed by atoms with Gasteiger partial charge in [0, 0.05) is 12.1 Å². The number of carbonyl (C=O) groups excluding carboxylic acids is 1. The highest BCUT2D eigenvalue weighted by molar-refractivity contribution is 6.29. The largest absolute Gasteiger partial charge is 0.478 e. The number of rotatable bonds is 1. The van der Waals surface area contributed by atoms with E-state index in [0.29, 0.717) is 0 Å². The van der Waals surface area contributed by atoms with Gasteiger partial charge in [0.1, 0.15) is 5.15 Å². The van der Waals surface area contributed by atoms with Crippen molar-refractivity contribution in [3.05, 3.63) is 28.5 Å². The lowest BCUT2D eigenvalue weighted by atomic mass is 10.1. The van der Waals surface area contributed by atoms with E-state index in [9.17, 15) is 9.59 Å². The fourth-order valence-electron chi connectivity index (χ4n) is 0.876. The third kappa shape index (κ3) is 2.97. The minimum atomic E-state index is -1.20. The maximum Gasteiger partial charge on any atom is 0.384 e. The van der Waals surface area contributed by atoms with Crippen LogP contribution < -0.4 is 0 Å². The molecule has 0 aliphatic rings. The molecule has 1 aromatic rings. The van der Waals surface area contributed by atoms with Crippen molar-refractivity contribution in [3.8, 4) is 11.8 Å². The first kappa shape index (κ1) is 12.0. The predicted octanol–water partition coefficient (Wildman–Crippen LogP) is 0.958. The Bertz CT molecular complexity index is 501. The highest BCUT2D eigenvalue weighted by Gasteiger charge is 2.09. The first-order valence-electron chi connectivity index (χ1n) is 4.03. The summed E-state index contributed by atoms with van der Waals surface area (Å²) < 4.78 is 4.29. The number of halogens is 1. The standard InChI is InChI=1S/C10H6ClNO4/c1-16-9(13)3-2-6-5-12-8(11)4-7(6)10(14)15/h4-5H,1H3,(H,14,15). The summed E-state index contributed by atoms with van der Waals surface area (Å²) in [5, 5.41) is 8.88. The molecule has 0 fully saturated rings. The fourth-order valence-corrected chi connectivity index (χ4v) is 1.03. The first-order chi connectivity index (χ1) is 7.54. The van der Waals surface area contributed by atoms with Gasteiger partial charge in [-0.05, 0) is 6.07 Å². The molecule has 6 heteroatoms. The van der Waals surface area contributed by atoms with E-state index < -0.39 is 11.9 Å². The Morgan fingerprint density at radius 1 is 1.56 bits per heavy atom. The van der Waals surface area contributed by atoms with Crippen LogP contribution in [0.5, 0.6) is 0 Å². The molecule has 5 nitrogen and oxygen atoms in total.